The third kappa shape index (κ3) is 4.90. The number of nitrogens with one attached hydrogen (secondary N) is 1. The van der Waals surface area contributed by atoms with Gasteiger partial charge in [0, 0.05) is 18.2 Å². The highest BCUT2D eigenvalue weighted by Gasteiger charge is 2.24. The van der Waals surface area contributed by atoms with Gasteiger partial charge in [-0.15, -0.1) is 0 Å². The summed E-state index contributed by atoms with van der Waals surface area (Å²) in [5, 5.41) is 8.41. The molecule has 0 unspecified atom stereocenters. The second kappa shape index (κ2) is 8.43. The quantitative estimate of drug-likeness (QED) is 0.459. The van der Waals surface area contributed by atoms with Gasteiger partial charge in [-0.05, 0) is 20.3 Å². The molecule has 0 aromatic heterocycles. The summed E-state index contributed by atoms with van der Waals surface area (Å²) in [5.41, 5.74) is 1.61. The zero-order chi connectivity index (χ0) is 18.3. The third-order valence-corrected chi connectivity index (χ3v) is 4.24. The SMILES string of the molecule is CC/C=C\C(C)(C)N(C)C(=NC(=N)c1ccccc1)c1ccccc1. The minimum atomic E-state index is -0.207. The zero-order valence-electron chi connectivity index (χ0n) is 15.5. The lowest BCUT2D eigenvalue weighted by Crippen LogP contribution is -2.44. The summed E-state index contributed by atoms with van der Waals surface area (Å²) < 4.78 is 0. The average molecular weight is 333 g/mol. The summed E-state index contributed by atoms with van der Waals surface area (Å²) in [6.45, 7) is 6.44. The van der Waals surface area contributed by atoms with E-state index in [1.807, 2.05) is 67.7 Å². The molecule has 0 radical (unpaired) electrons. The van der Waals surface area contributed by atoms with Gasteiger partial charge in [-0.2, -0.15) is 0 Å². The number of hydrogen-bond acceptors (Lipinski definition) is 1. The van der Waals surface area contributed by atoms with Crippen LogP contribution in [0.2, 0.25) is 0 Å². The van der Waals surface area contributed by atoms with E-state index in [4.69, 9.17) is 5.41 Å². The van der Waals surface area contributed by atoms with E-state index < -0.39 is 0 Å². The number of nitrogens with zero attached hydrogens (tertiary/aromatic N) is 2. The van der Waals surface area contributed by atoms with Crippen molar-refractivity contribution in [2.75, 3.05) is 7.05 Å². The summed E-state index contributed by atoms with van der Waals surface area (Å²) >= 11 is 0. The first kappa shape index (κ1) is 18.7. The molecule has 2 rings (SSSR count). The fourth-order valence-corrected chi connectivity index (χ4v) is 2.48. The van der Waals surface area contributed by atoms with Crippen molar-refractivity contribution < 1.29 is 0 Å². The number of aliphatic imine (C=N–C) groups is 1. The Morgan fingerprint density at radius 1 is 1.00 bits per heavy atom. The molecule has 0 amide bonds. The molecule has 0 bridgehead atoms. The summed E-state index contributed by atoms with van der Waals surface area (Å²) in [4.78, 5) is 6.81. The molecule has 0 aliphatic rings. The van der Waals surface area contributed by atoms with E-state index in [2.05, 4.69) is 42.8 Å². The predicted molar refractivity (Wildman–Crippen MR) is 108 cm³/mol. The average Bonchev–Trinajstić information content (AvgIpc) is 2.65. The Bertz CT molecular complexity index is 743. The first-order valence-corrected chi connectivity index (χ1v) is 8.65. The second-order valence-corrected chi connectivity index (χ2v) is 6.54. The van der Waals surface area contributed by atoms with Crippen molar-refractivity contribution in [3.05, 3.63) is 83.9 Å². The van der Waals surface area contributed by atoms with Crippen LogP contribution in [0.5, 0.6) is 0 Å². The molecule has 130 valence electrons. The molecule has 1 N–H and O–H groups in total. The van der Waals surface area contributed by atoms with E-state index in [9.17, 15) is 0 Å². The molecule has 0 spiro atoms. The molecular weight excluding hydrogens is 306 g/mol. The number of benzene rings is 2. The minimum absolute atomic E-state index is 0.207. The highest BCUT2D eigenvalue weighted by Crippen LogP contribution is 2.19. The molecule has 2 aromatic carbocycles. The fraction of sp³-hybridized carbons (Fsp3) is 0.273. The Balaban J connectivity index is 2.46. The van der Waals surface area contributed by atoms with Crippen LogP contribution in [-0.2, 0) is 0 Å². The third-order valence-electron chi connectivity index (χ3n) is 4.24. The lowest BCUT2D eigenvalue weighted by atomic mass is 10.0. The number of amidine groups is 2. The standard InChI is InChI=1S/C22H27N3/c1-5-6-17-22(2,3)25(4)21(19-15-11-8-12-16-19)24-20(23)18-13-9-7-10-14-18/h6-17,23H,5H2,1-4H3/b17-6-,23-20?,24-21?. The van der Waals surface area contributed by atoms with Gasteiger partial charge in [0.1, 0.15) is 5.84 Å². The van der Waals surface area contributed by atoms with E-state index in [1.54, 1.807) is 0 Å². The van der Waals surface area contributed by atoms with Crippen molar-refractivity contribution in [2.24, 2.45) is 4.99 Å². The van der Waals surface area contributed by atoms with Crippen LogP contribution in [0.4, 0.5) is 0 Å². The highest BCUT2D eigenvalue weighted by molar-refractivity contribution is 6.10. The molecule has 0 aliphatic heterocycles. The topological polar surface area (TPSA) is 39.5 Å². The van der Waals surface area contributed by atoms with E-state index in [0.717, 1.165) is 23.4 Å². The molecule has 0 fully saturated rings. The Morgan fingerprint density at radius 3 is 2.04 bits per heavy atom. The number of hydrogen-bond donors (Lipinski definition) is 1. The fourth-order valence-electron chi connectivity index (χ4n) is 2.48. The van der Waals surface area contributed by atoms with E-state index in [1.165, 1.54) is 0 Å². The van der Waals surface area contributed by atoms with Crippen LogP contribution in [0.1, 0.15) is 38.3 Å². The van der Waals surface area contributed by atoms with Crippen molar-refractivity contribution in [1.29, 1.82) is 5.41 Å². The molecule has 0 saturated carbocycles. The smallest absolute Gasteiger partial charge is 0.154 e. The molecule has 0 aliphatic carbocycles. The highest BCUT2D eigenvalue weighted by atomic mass is 15.2. The Morgan fingerprint density at radius 2 is 1.52 bits per heavy atom. The van der Waals surface area contributed by atoms with Crippen LogP contribution < -0.4 is 0 Å². The van der Waals surface area contributed by atoms with Gasteiger partial charge >= 0.3 is 0 Å². The van der Waals surface area contributed by atoms with Gasteiger partial charge in [-0.1, -0.05) is 79.7 Å². The van der Waals surface area contributed by atoms with Crippen molar-refractivity contribution in [1.82, 2.24) is 4.90 Å². The van der Waals surface area contributed by atoms with Gasteiger partial charge in [0.25, 0.3) is 0 Å². The predicted octanol–water partition coefficient (Wildman–Crippen LogP) is 5.14. The molecule has 2 aromatic rings. The van der Waals surface area contributed by atoms with Crippen molar-refractivity contribution in [3.63, 3.8) is 0 Å². The monoisotopic (exact) mass is 333 g/mol. The summed E-state index contributed by atoms with van der Waals surface area (Å²) in [5.74, 6) is 1.06. The van der Waals surface area contributed by atoms with Gasteiger partial charge in [-0.25, -0.2) is 4.99 Å². The van der Waals surface area contributed by atoms with Crippen LogP contribution in [-0.4, -0.2) is 29.2 Å². The summed E-state index contributed by atoms with van der Waals surface area (Å²) in [6.07, 6.45) is 5.36. The lowest BCUT2D eigenvalue weighted by molar-refractivity contribution is 0.321. The minimum Gasteiger partial charge on any atom is -0.351 e. The van der Waals surface area contributed by atoms with Gasteiger partial charge in [-0.3, -0.25) is 5.41 Å². The van der Waals surface area contributed by atoms with Crippen LogP contribution >= 0.6 is 0 Å². The molecule has 3 heteroatoms. The molecular formula is C22H27N3. The second-order valence-electron chi connectivity index (χ2n) is 6.54. The van der Waals surface area contributed by atoms with Gasteiger partial charge < -0.3 is 4.90 Å². The number of likely N-dealkylation sites (N-methyl/N-ethyl adjacent to an activating group) is 1. The molecule has 25 heavy (non-hydrogen) atoms. The van der Waals surface area contributed by atoms with Crippen LogP contribution in [0.15, 0.2) is 77.8 Å². The summed E-state index contributed by atoms with van der Waals surface area (Å²) in [7, 11) is 2.03. The maximum Gasteiger partial charge on any atom is 0.154 e. The molecule has 0 saturated heterocycles. The van der Waals surface area contributed by atoms with Crippen molar-refractivity contribution in [3.8, 4) is 0 Å². The number of rotatable bonds is 5. The lowest BCUT2D eigenvalue weighted by Gasteiger charge is -2.36. The molecule has 0 atom stereocenters. The van der Waals surface area contributed by atoms with E-state index in [0.29, 0.717) is 0 Å². The maximum absolute atomic E-state index is 8.41. The van der Waals surface area contributed by atoms with Crippen molar-refractivity contribution in [2.45, 2.75) is 32.7 Å². The molecule has 0 heterocycles. The first-order chi connectivity index (χ1) is 12.0. The van der Waals surface area contributed by atoms with Crippen LogP contribution in [0.3, 0.4) is 0 Å². The van der Waals surface area contributed by atoms with Gasteiger partial charge in [0.05, 0.1) is 5.54 Å². The van der Waals surface area contributed by atoms with E-state index >= 15 is 0 Å². The zero-order valence-corrected chi connectivity index (χ0v) is 15.5. The van der Waals surface area contributed by atoms with Gasteiger partial charge in [0.2, 0.25) is 0 Å². The number of allylic oxidation sites excluding steroid dienone is 1. The van der Waals surface area contributed by atoms with Crippen molar-refractivity contribution >= 4 is 11.7 Å². The van der Waals surface area contributed by atoms with E-state index in [-0.39, 0.29) is 11.4 Å². The van der Waals surface area contributed by atoms with Gasteiger partial charge in [0.15, 0.2) is 5.84 Å². The maximum atomic E-state index is 8.41. The molecule has 3 nitrogen and oxygen atoms in total. The Kier molecular flexibility index (Phi) is 6.29. The largest absolute Gasteiger partial charge is 0.351 e. The Labute approximate surface area is 151 Å². The summed E-state index contributed by atoms with van der Waals surface area (Å²) in [6, 6.07) is 19.7. The Hall–Kier alpha value is -2.68. The van der Waals surface area contributed by atoms with Crippen LogP contribution in [0, 0.1) is 5.41 Å². The van der Waals surface area contributed by atoms with Crippen LogP contribution in [0.25, 0.3) is 0 Å². The normalized spacial score (nSPS) is 12.4. The first-order valence-electron chi connectivity index (χ1n) is 8.65.